The van der Waals surface area contributed by atoms with Crippen LogP contribution in [0.4, 0.5) is 0 Å². The third kappa shape index (κ3) is 3.48. The molecular formula is C13H24N2O. The zero-order valence-electron chi connectivity index (χ0n) is 10.4. The van der Waals surface area contributed by atoms with Crippen LogP contribution in [0.5, 0.6) is 0 Å². The van der Waals surface area contributed by atoms with Gasteiger partial charge in [0.05, 0.1) is 0 Å². The van der Waals surface area contributed by atoms with Crippen LogP contribution in [0.3, 0.4) is 0 Å². The molecule has 1 amide bonds. The van der Waals surface area contributed by atoms with E-state index in [0.717, 1.165) is 38.3 Å². The van der Waals surface area contributed by atoms with Gasteiger partial charge in [0.25, 0.3) is 0 Å². The fourth-order valence-corrected chi connectivity index (χ4v) is 2.40. The lowest BCUT2D eigenvalue weighted by atomic mass is 10.0. The summed E-state index contributed by atoms with van der Waals surface area (Å²) in [5, 5.41) is 3.62. The van der Waals surface area contributed by atoms with Crippen molar-refractivity contribution in [1.82, 2.24) is 10.2 Å². The average Bonchev–Trinajstić information content (AvgIpc) is 3.11. The Morgan fingerprint density at radius 2 is 2.19 bits per heavy atom. The van der Waals surface area contributed by atoms with Crippen molar-refractivity contribution in [3.8, 4) is 0 Å². The van der Waals surface area contributed by atoms with Crippen LogP contribution in [-0.4, -0.2) is 36.5 Å². The molecule has 0 aromatic rings. The Hall–Kier alpha value is -0.570. The molecule has 1 aliphatic heterocycles. The summed E-state index contributed by atoms with van der Waals surface area (Å²) < 4.78 is 0. The molecule has 3 heteroatoms. The van der Waals surface area contributed by atoms with Gasteiger partial charge in [0.2, 0.25) is 5.91 Å². The van der Waals surface area contributed by atoms with Crippen LogP contribution < -0.4 is 5.32 Å². The van der Waals surface area contributed by atoms with Gasteiger partial charge in [-0.2, -0.15) is 0 Å². The monoisotopic (exact) mass is 224 g/mol. The molecule has 2 rings (SSSR count). The van der Waals surface area contributed by atoms with E-state index < -0.39 is 0 Å². The lowest BCUT2D eigenvalue weighted by molar-refractivity contribution is -0.132. The van der Waals surface area contributed by atoms with Crippen molar-refractivity contribution < 1.29 is 4.79 Å². The average molecular weight is 224 g/mol. The first-order valence-corrected chi connectivity index (χ1v) is 6.80. The van der Waals surface area contributed by atoms with Gasteiger partial charge < -0.3 is 10.2 Å². The summed E-state index contributed by atoms with van der Waals surface area (Å²) in [5.41, 5.74) is 0. The fourth-order valence-electron chi connectivity index (χ4n) is 2.40. The summed E-state index contributed by atoms with van der Waals surface area (Å²) in [7, 11) is 0. The summed E-state index contributed by atoms with van der Waals surface area (Å²) in [6, 6.07) is 0.551. The molecule has 92 valence electrons. The molecule has 1 saturated carbocycles. The smallest absolute Gasteiger partial charge is 0.222 e. The van der Waals surface area contributed by atoms with E-state index in [2.05, 4.69) is 17.1 Å². The van der Waals surface area contributed by atoms with Gasteiger partial charge in [0, 0.05) is 25.6 Å². The van der Waals surface area contributed by atoms with Crippen LogP contribution in [0.2, 0.25) is 0 Å². The van der Waals surface area contributed by atoms with Crippen LogP contribution in [0, 0.1) is 5.92 Å². The van der Waals surface area contributed by atoms with Crippen LogP contribution in [0.25, 0.3) is 0 Å². The molecular weight excluding hydrogens is 200 g/mol. The Morgan fingerprint density at radius 3 is 2.88 bits per heavy atom. The van der Waals surface area contributed by atoms with E-state index in [9.17, 15) is 4.79 Å². The molecule has 0 spiro atoms. The standard InChI is InChI=1S/C13H24N2O/c1-2-4-13(16)15-8-3-5-12(10-15)14-9-11-6-7-11/h11-12,14H,2-10H2,1H3. The Balaban J connectivity index is 1.71. The number of carbonyl (C=O) groups is 1. The lowest BCUT2D eigenvalue weighted by Gasteiger charge is -2.33. The third-order valence-corrected chi connectivity index (χ3v) is 3.63. The van der Waals surface area contributed by atoms with Gasteiger partial charge in [0.15, 0.2) is 0 Å². The van der Waals surface area contributed by atoms with E-state index in [1.807, 2.05) is 0 Å². The predicted octanol–water partition coefficient (Wildman–Crippen LogP) is 1.78. The molecule has 1 N–H and O–H groups in total. The zero-order valence-corrected chi connectivity index (χ0v) is 10.4. The maximum absolute atomic E-state index is 11.8. The molecule has 0 radical (unpaired) electrons. The minimum absolute atomic E-state index is 0.348. The zero-order chi connectivity index (χ0) is 11.4. The number of hydrogen-bond acceptors (Lipinski definition) is 2. The summed E-state index contributed by atoms with van der Waals surface area (Å²) in [4.78, 5) is 13.8. The first-order valence-electron chi connectivity index (χ1n) is 6.80. The quantitative estimate of drug-likeness (QED) is 0.772. The number of hydrogen-bond donors (Lipinski definition) is 1. The minimum atomic E-state index is 0.348. The summed E-state index contributed by atoms with van der Waals surface area (Å²) in [6.07, 6.45) is 6.89. The highest BCUT2D eigenvalue weighted by Gasteiger charge is 2.26. The molecule has 1 aliphatic carbocycles. The molecule has 0 aromatic carbocycles. The van der Waals surface area contributed by atoms with Gasteiger partial charge in [-0.25, -0.2) is 0 Å². The Bertz CT molecular complexity index is 238. The first-order chi connectivity index (χ1) is 7.79. The normalized spacial score (nSPS) is 25.8. The van der Waals surface area contributed by atoms with E-state index in [1.165, 1.54) is 25.8 Å². The molecule has 2 aliphatic rings. The number of nitrogens with one attached hydrogen (secondary N) is 1. The third-order valence-electron chi connectivity index (χ3n) is 3.63. The van der Waals surface area contributed by atoms with Gasteiger partial charge >= 0.3 is 0 Å². The molecule has 1 saturated heterocycles. The molecule has 1 heterocycles. The van der Waals surface area contributed by atoms with E-state index in [-0.39, 0.29) is 0 Å². The maximum atomic E-state index is 11.8. The van der Waals surface area contributed by atoms with Crippen LogP contribution in [0.15, 0.2) is 0 Å². The van der Waals surface area contributed by atoms with E-state index in [0.29, 0.717) is 11.9 Å². The maximum Gasteiger partial charge on any atom is 0.222 e. The second-order valence-electron chi connectivity index (χ2n) is 5.28. The van der Waals surface area contributed by atoms with E-state index in [4.69, 9.17) is 0 Å². The highest BCUT2D eigenvalue weighted by molar-refractivity contribution is 5.76. The van der Waals surface area contributed by atoms with Gasteiger partial charge in [-0.05, 0) is 44.6 Å². The number of rotatable bonds is 5. The van der Waals surface area contributed by atoms with E-state index >= 15 is 0 Å². The second kappa shape index (κ2) is 5.67. The molecule has 1 atom stereocenters. The molecule has 16 heavy (non-hydrogen) atoms. The summed E-state index contributed by atoms with van der Waals surface area (Å²) in [6.45, 7) is 5.15. The van der Waals surface area contributed by atoms with Crippen molar-refractivity contribution in [2.45, 2.75) is 51.5 Å². The molecule has 3 nitrogen and oxygen atoms in total. The van der Waals surface area contributed by atoms with Gasteiger partial charge in [-0.15, -0.1) is 0 Å². The van der Waals surface area contributed by atoms with Gasteiger partial charge in [0.1, 0.15) is 0 Å². The van der Waals surface area contributed by atoms with Gasteiger partial charge in [-0.1, -0.05) is 6.92 Å². The largest absolute Gasteiger partial charge is 0.341 e. The minimum Gasteiger partial charge on any atom is -0.341 e. The Labute approximate surface area is 98.6 Å². The summed E-state index contributed by atoms with van der Waals surface area (Å²) >= 11 is 0. The molecule has 0 bridgehead atoms. The first kappa shape index (κ1) is 11.9. The van der Waals surface area contributed by atoms with Crippen molar-refractivity contribution in [1.29, 1.82) is 0 Å². The van der Waals surface area contributed by atoms with Crippen molar-refractivity contribution in [2.24, 2.45) is 5.92 Å². The number of nitrogens with zero attached hydrogens (tertiary/aromatic N) is 1. The Kier molecular flexibility index (Phi) is 4.22. The Morgan fingerprint density at radius 1 is 1.38 bits per heavy atom. The molecule has 0 aromatic heterocycles. The van der Waals surface area contributed by atoms with Crippen LogP contribution in [-0.2, 0) is 4.79 Å². The second-order valence-corrected chi connectivity index (χ2v) is 5.28. The molecule has 2 fully saturated rings. The summed E-state index contributed by atoms with van der Waals surface area (Å²) in [5.74, 6) is 1.28. The molecule has 1 unspecified atom stereocenters. The SMILES string of the molecule is CCCC(=O)N1CCCC(NCC2CC2)C1. The van der Waals surface area contributed by atoms with Crippen molar-refractivity contribution in [2.75, 3.05) is 19.6 Å². The number of likely N-dealkylation sites (tertiary alicyclic amines) is 1. The highest BCUT2D eigenvalue weighted by atomic mass is 16.2. The van der Waals surface area contributed by atoms with Crippen LogP contribution >= 0.6 is 0 Å². The lowest BCUT2D eigenvalue weighted by Crippen LogP contribution is -2.48. The van der Waals surface area contributed by atoms with Gasteiger partial charge in [-0.3, -0.25) is 4.79 Å². The predicted molar refractivity (Wildman–Crippen MR) is 65.2 cm³/mol. The highest BCUT2D eigenvalue weighted by Crippen LogP contribution is 2.28. The fraction of sp³-hybridized carbons (Fsp3) is 0.923. The van der Waals surface area contributed by atoms with Crippen LogP contribution in [0.1, 0.15) is 45.4 Å². The number of carbonyl (C=O) groups excluding carboxylic acids is 1. The van der Waals surface area contributed by atoms with Crippen molar-refractivity contribution >= 4 is 5.91 Å². The topological polar surface area (TPSA) is 32.3 Å². The number of piperidine rings is 1. The number of amides is 1. The van der Waals surface area contributed by atoms with Crippen molar-refractivity contribution in [3.63, 3.8) is 0 Å². The van der Waals surface area contributed by atoms with Crippen molar-refractivity contribution in [3.05, 3.63) is 0 Å². The van der Waals surface area contributed by atoms with E-state index in [1.54, 1.807) is 0 Å².